The number of aliphatic hydroxyl groups is 1. The molecule has 0 saturated heterocycles. The molecule has 0 rings (SSSR count). The van der Waals surface area contributed by atoms with Crippen molar-refractivity contribution >= 4 is 5.97 Å². The van der Waals surface area contributed by atoms with Crippen LogP contribution in [0.3, 0.4) is 0 Å². The molecule has 2 N–H and O–H groups in total. The van der Waals surface area contributed by atoms with Gasteiger partial charge in [-0.05, 0) is 43.6 Å². The number of aliphatic carboxylic acids is 1. The highest BCUT2D eigenvalue weighted by Gasteiger charge is 2.00. The van der Waals surface area contributed by atoms with Crippen LogP contribution in [0.15, 0.2) is 12.2 Å². The Hall–Kier alpha value is -1.71. The lowest BCUT2D eigenvalue weighted by atomic mass is 10.1. The van der Waals surface area contributed by atoms with Crippen LogP contribution in [0, 0.1) is 23.7 Å². The number of carbonyl (C=O) groups is 1. The summed E-state index contributed by atoms with van der Waals surface area (Å²) in [5.41, 5.74) is 0. The van der Waals surface area contributed by atoms with Crippen molar-refractivity contribution in [2.24, 2.45) is 0 Å². The number of aliphatic hydroxyl groups excluding tert-OH is 1. The van der Waals surface area contributed by atoms with Gasteiger partial charge >= 0.3 is 5.97 Å². The maximum absolute atomic E-state index is 10.3. The van der Waals surface area contributed by atoms with Gasteiger partial charge in [0.25, 0.3) is 0 Å². The third-order valence-electron chi connectivity index (χ3n) is 2.92. The smallest absolute Gasteiger partial charge is 0.303 e. The van der Waals surface area contributed by atoms with Gasteiger partial charge in [-0.25, -0.2) is 0 Å². The van der Waals surface area contributed by atoms with E-state index in [-0.39, 0.29) is 6.42 Å². The summed E-state index contributed by atoms with van der Waals surface area (Å²) in [4.78, 5) is 10.3. The van der Waals surface area contributed by atoms with E-state index in [2.05, 4.69) is 30.6 Å². The van der Waals surface area contributed by atoms with Crippen molar-refractivity contribution in [2.75, 3.05) is 0 Å². The SMILES string of the molecule is CCCC/C=C/C#CC#CC(O)CCCCCCC(=O)O. The normalized spacial score (nSPS) is 11.3. The number of rotatable bonds is 10. The van der Waals surface area contributed by atoms with Crippen LogP contribution in [0.2, 0.25) is 0 Å². The Morgan fingerprint density at radius 3 is 2.62 bits per heavy atom. The van der Waals surface area contributed by atoms with E-state index in [4.69, 9.17) is 5.11 Å². The number of carboxylic acid groups (broad SMARTS) is 1. The lowest BCUT2D eigenvalue weighted by molar-refractivity contribution is -0.137. The summed E-state index contributed by atoms with van der Waals surface area (Å²) in [5.74, 6) is 10.1. The molecule has 0 aromatic carbocycles. The number of carboxylic acids is 1. The minimum atomic E-state index is -0.747. The fourth-order valence-corrected chi connectivity index (χ4v) is 1.70. The molecule has 3 nitrogen and oxygen atoms in total. The van der Waals surface area contributed by atoms with E-state index in [0.29, 0.717) is 12.8 Å². The van der Waals surface area contributed by atoms with Crippen molar-refractivity contribution in [3.63, 3.8) is 0 Å². The Labute approximate surface area is 128 Å². The van der Waals surface area contributed by atoms with E-state index in [1.165, 1.54) is 12.8 Å². The van der Waals surface area contributed by atoms with E-state index in [1.54, 1.807) is 6.08 Å². The van der Waals surface area contributed by atoms with Gasteiger partial charge in [0.2, 0.25) is 0 Å². The fraction of sp³-hybridized carbons (Fsp3) is 0.611. The van der Waals surface area contributed by atoms with Gasteiger partial charge in [0.05, 0.1) is 0 Å². The number of hydrogen-bond donors (Lipinski definition) is 2. The zero-order valence-corrected chi connectivity index (χ0v) is 12.9. The van der Waals surface area contributed by atoms with E-state index < -0.39 is 12.1 Å². The van der Waals surface area contributed by atoms with Crippen LogP contribution in [-0.2, 0) is 4.79 Å². The molecule has 0 spiro atoms. The van der Waals surface area contributed by atoms with Gasteiger partial charge in [-0.3, -0.25) is 4.79 Å². The summed E-state index contributed by atoms with van der Waals surface area (Å²) in [6.45, 7) is 2.15. The summed E-state index contributed by atoms with van der Waals surface area (Å²) in [5, 5.41) is 18.1. The highest BCUT2D eigenvalue weighted by Crippen LogP contribution is 2.07. The number of allylic oxidation sites excluding steroid dienone is 2. The predicted molar refractivity (Wildman–Crippen MR) is 85.6 cm³/mol. The quantitative estimate of drug-likeness (QED) is 0.478. The molecule has 116 valence electrons. The van der Waals surface area contributed by atoms with Gasteiger partial charge in [-0.2, -0.15) is 0 Å². The Morgan fingerprint density at radius 2 is 1.90 bits per heavy atom. The molecule has 0 aliphatic carbocycles. The average Bonchev–Trinajstić information content (AvgIpc) is 2.45. The molecule has 0 aliphatic rings. The van der Waals surface area contributed by atoms with Crippen molar-refractivity contribution in [2.45, 2.75) is 70.8 Å². The predicted octanol–water partition coefficient (Wildman–Crippen LogP) is 3.53. The van der Waals surface area contributed by atoms with Crippen molar-refractivity contribution < 1.29 is 15.0 Å². The van der Waals surface area contributed by atoms with Crippen LogP contribution in [-0.4, -0.2) is 22.3 Å². The zero-order chi connectivity index (χ0) is 15.8. The van der Waals surface area contributed by atoms with Crippen LogP contribution >= 0.6 is 0 Å². The van der Waals surface area contributed by atoms with Crippen molar-refractivity contribution in [1.82, 2.24) is 0 Å². The Morgan fingerprint density at radius 1 is 1.14 bits per heavy atom. The molecule has 0 fully saturated rings. The fourth-order valence-electron chi connectivity index (χ4n) is 1.70. The highest BCUT2D eigenvalue weighted by molar-refractivity contribution is 5.66. The maximum atomic E-state index is 10.3. The topological polar surface area (TPSA) is 57.5 Å². The standard InChI is InChI=1S/C18H26O3/c1-2-3-4-5-6-7-8-11-14-17(19)15-12-9-10-13-16-18(20)21/h5-6,17,19H,2-4,9-10,12-13,15-16H2,1H3,(H,20,21)/b6-5+. The Kier molecular flexibility index (Phi) is 13.5. The van der Waals surface area contributed by atoms with E-state index in [1.807, 2.05) is 6.08 Å². The van der Waals surface area contributed by atoms with E-state index >= 15 is 0 Å². The molecule has 0 amide bonds. The van der Waals surface area contributed by atoms with Gasteiger partial charge < -0.3 is 10.2 Å². The monoisotopic (exact) mass is 290 g/mol. The second-order valence-electron chi connectivity index (χ2n) is 4.95. The molecular weight excluding hydrogens is 264 g/mol. The number of hydrogen-bond acceptors (Lipinski definition) is 2. The maximum Gasteiger partial charge on any atom is 0.303 e. The molecule has 0 saturated carbocycles. The van der Waals surface area contributed by atoms with E-state index in [9.17, 15) is 9.90 Å². The van der Waals surface area contributed by atoms with Gasteiger partial charge in [0.15, 0.2) is 0 Å². The Balaban J connectivity index is 3.64. The summed E-state index contributed by atoms with van der Waals surface area (Å²) < 4.78 is 0. The minimum absolute atomic E-state index is 0.226. The van der Waals surface area contributed by atoms with E-state index in [0.717, 1.165) is 25.7 Å². The third-order valence-corrected chi connectivity index (χ3v) is 2.92. The lowest BCUT2D eigenvalue weighted by Crippen LogP contribution is -2.02. The Bertz CT molecular complexity index is 415. The summed E-state index contributed by atoms with van der Waals surface area (Å²) in [6, 6.07) is 0. The summed E-state index contributed by atoms with van der Waals surface area (Å²) in [7, 11) is 0. The van der Waals surface area contributed by atoms with Gasteiger partial charge in [0, 0.05) is 6.42 Å². The van der Waals surface area contributed by atoms with Crippen LogP contribution < -0.4 is 0 Å². The summed E-state index contributed by atoms with van der Waals surface area (Å²) >= 11 is 0. The highest BCUT2D eigenvalue weighted by atomic mass is 16.4. The van der Waals surface area contributed by atoms with Crippen LogP contribution in [0.1, 0.15) is 64.7 Å². The molecule has 0 aromatic heterocycles. The molecule has 1 unspecified atom stereocenters. The molecule has 0 aromatic rings. The third kappa shape index (κ3) is 16.2. The molecule has 1 atom stereocenters. The zero-order valence-electron chi connectivity index (χ0n) is 12.9. The van der Waals surface area contributed by atoms with Crippen LogP contribution in [0.5, 0.6) is 0 Å². The van der Waals surface area contributed by atoms with Gasteiger partial charge in [0.1, 0.15) is 6.10 Å². The first-order chi connectivity index (χ1) is 10.2. The molecule has 21 heavy (non-hydrogen) atoms. The molecule has 0 heterocycles. The average molecular weight is 290 g/mol. The second-order valence-corrected chi connectivity index (χ2v) is 4.95. The molecule has 0 bridgehead atoms. The van der Waals surface area contributed by atoms with Crippen LogP contribution in [0.4, 0.5) is 0 Å². The van der Waals surface area contributed by atoms with Crippen molar-refractivity contribution in [1.29, 1.82) is 0 Å². The summed E-state index contributed by atoms with van der Waals surface area (Å²) in [6.07, 6.45) is 10.8. The van der Waals surface area contributed by atoms with Crippen molar-refractivity contribution in [3.05, 3.63) is 12.2 Å². The molecule has 3 heteroatoms. The van der Waals surface area contributed by atoms with Crippen molar-refractivity contribution in [3.8, 4) is 23.7 Å². The first-order valence-electron chi connectivity index (χ1n) is 7.72. The molecule has 0 aliphatic heterocycles. The first-order valence-corrected chi connectivity index (χ1v) is 7.72. The lowest BCUT2D eigenvalue weighted by Gasteiger charge is -2.02. The second kappa shape index (κ2) is 14.7. The number of unbranched alkanes of at least 4 members (excludes halogenated alkanes) is 5. The van der Waals surface area contributed by atoms with Gasteiger partial charge in [-0.15, -0.1) is 0 Å². The first kappa shape index (κ1) is 19.3. The van der Waals surface area contributed by atoms with Crippen LogP contribution in [0.25, 0.3) is 0 Å². The largest absolute Gasteiger partial charge is 0.481 e. The molecule has 0 radical (unpaired) electrons. The van der Waals surface area contributed by atoms with Gasteiger partial charge in [-0.1, -0.05) is 50.5 Å². The minimum Gasteiger partial charge on any atom is -0.481 e. The molecular formula is C18H26O3.